The van der Waals surface area contributed by atoms with E-state index in [1.54, 1.807) is 0 Å². The van der Waals surface area contributed by atoms with E-state index in [-0.39, 0.29) is 12.0 Å². The van der Waals surface area contributed by atoms with Crippen LogP contribution < -0.4 is 5.32 Å². The average molecular weight is 246 g/mol. The number of rotatable bonds is 2. The molecule has 1 atom stereocenters. The van der Waals surface area contributed by atoms with Gasteiger partial charge < -0.3 is 10.1 Å². The molecular weight excluding hydrogens is 228 g/mol. The summed E-state index contributed by atoms with van der Waals surface area (Å²) in [5.74, 6) is 0.503. The SMILES string of the molecule is CC(C)(C)OC(=O)C1CN=C(c2ccccc2)N1. The minimum absolute atomic E-state index is 0.253. The fraction of sp³-hybridized carbons (Fsp3) is 0.429. The molecule has 0 saturated carbocycles. The summed E-state index contributed by atoms with van der Waals surface area (Å²) < 4.78 is 5.33. The highest BCUT2D eigenvalue weighted by Gasteiger charge is 2.29. The highest BCUT2D eigenvalue weighted by Crippen LogP contribution is 2.12. The highest BCUT2D eigenvalue weighted by molar-refractivity contribution is 6.02. The van der Waals surface area contributed by atoms with E-state index in [4.69, 9.17) is 4.74 Å². The van der Waals surface area contributed by atoms with Crippen LogP contribution in [0.15, 0.2) is 35.3 Å². The van der Waals surface area contributed by atoms with Crippen LogP contribution in [0.25, 0.3) is 0 Å². The fourth-order valence-corrected chi connectivity index (χ4v) is 1.72. The van der Waals surface area contributed by atoms with Crippen LogP contribution in [0, 0.1) is 0 Å². The molecule has 96 valence electrons. The van der Waals surface area contributed by atoms with Gasteiger partial charge in [0.1, 0.15) is 17.5 Å². The van der Waals surface area contributed by atoms with Crippen molar-refractivity contribution >= 4 is 11.8 Å². The molecule has 1 aromatic carbocycles. The molecule has 1 aliphatic rings. The zero-order chi connectivity index (χ0) is 13.2. The molecule has 18 heavy (non-hydrogen) atoms. The molecule has 1 N–H and O–H groups in total. The number of carbonyl (C=O) groups is 1. The molecule has 0 saturated heterocycles. The lowest BCUT2D eigenvalue weighted by atomic mass is 10.2. The zero-order valence-electron chi connectivity index (χ0n) is 10.9. The van der Waals surface area contributed by atoms with Crippen molar-refractivity contribution in [3.05, 3.63) is 35.9 Å². The van der Waals surface area contributed by atoms with E-state index in [1.165, 1.54) is 0 Å². The first-order chi connectivity index (χ1) is 8.46. The van der Waals surface area contributed by atoms with E-state index in [0.717, 1.165) is 11.4 Å². The summed E-state index contributed by atoms with van der Waals surface area (Å²) in [5.41, 5.74) is 0.525. The monoisotopic (exact) mass is 246 g/mol. The molecule has 1 aliphatic heterocycles. The standard InChI is InChI=1S/C14H18N2O2/c1-14(2,3)18-13(17)11-9-15-12(16-11)10-7-5-4-6-8-10/h4-8,11H,9H2,1-3H3,(H,15,16). The molecule has 1 unspecified atom stereocenters. The van der Waals surface area contributed by atoms with E-state index in [1.807, 2.05) is 51.1 Å². The van der Waals surface area contributed by atoms with Gasteiger partial charge in [0.2, 0.25) is 0 Å². The van der Waals surface area contributed by atoms with Gasteiger partial charge in [0.25, 0.3) is 0 Å². The Hall–Kier alpha value is -1.84. The second-order valence-electron chi connectivity index (χ2n) is 5.29. The molecule has 4 heteroatoms. The lowest BCUT2D eigenvalue weighted by Crippen LogP contribution is -2.41. The quantitative estimate of drug-likeness (QED) is 0.809. The molecule has 1 heterocycles. The van der Waals surface area contributed by atoms with Gasteiger partial charge in [-0.3, -0.25) is 4.99 Å². The molecule has 0 spiro atoms. The highest BCUT2D eigenvalue weighted by atomic mass is 16.6. The predicted octanol–water partition coefficient (Wildman–Crippen LogP) is 1.75. The van der Waals surface area contributed by atoms with Gasteiger partial charge in [-0.2, -0.15) is 0 Å². The van der Waals surface area contributed by atoms with Gasteiger partial charge in [-0.15, -0.1) is 0 Å². The first-order valence-corrected chi connectivity index (χ1v) is 6.05. The number of carbonyl (C=O) groups excluding carboxylic acids is 1. The Morgan fingerprint density at radius 3 is 2.61 bits per heavy atom. The number of hydrogen-bond donors (Lipinski definition) is 1. The Morgan fingerprint density at radius 2 is 2.00 bits per heavy atom. The molecule has 0 fully saturated rings. The number of esters is 1. The largest absolute Gasteiger partial charge is 0.458 e. The lowest BCUT2D eigenvalue weighted by Gasteiger charge is -2.22. The van der Waals surface area contributed by atoms with Gasteiger partial charge in [-0.05, 0) is 20.8 Å². The Labute approximate surface area is 107 Å². The smallest absolute Gasteiger partial charge is 0.331 e. The molecule has 1 aromatic rings. The Morgan fingerprint density at radius 1 is 1.33 bits per heavy atom. The van der Waals surface area contributed by atoms with Crippen molar-refractivity contribution < 1.29 is 9.53 Å². The predicted molar refractivity (Wildman–Crippen MR) is 70.6 cm³/mol. The van der Waals surface area contributed by atoms with Gasteiger partial charge in [-0.25, -0.2) is 4.79 Å². The summed E-state index contributed by atoms with van der Waals surface area (Å²) in [7, 11) is 0. The summed E-state index contributed by atoms with van der Waals surface area (Å²) in [6, 6.07) is 9.39. The van der Waals surface area contributed by atoms with Crippen molar-refractivity contribution in [1.29, 1.82) is 0 Å². The lowest BCUT2D eigenvalue weighted by molar-refractivity contribution is -0.156. The van der Waals surface area contributed by atoms with Crippen LogP contribution >= 0.6 is 0 Å². The third kappa shape index (κ3) is 3.09. The van der Waals surface area contributed by atoms with Crippen LogP contribution in [-0.2, 0) is 9.53 Å². The molecule has 0 bridgehead atoms. The Balaban J connectivity index is 1.98. The van der Waals surface area contributed by atoms with Crippen molar-refractivity contribution in [1.82, 2.24) is 5.32 Å². The van der Waals surface area contributed by atoms with Gasteiger partial charge in [-0.1, -0.05) is 30.3 Å². The molecule has 4 nitrogen and oxygen atoms in total. The molecule has 0 amide bonds. The van der Waals surface area contributed by atoms with E-state index >= 15 is 0 Å². The second-order valence-corrected chi connectivity index (χ2v) is 5.29. The fourth-order valence-electron chi connectivity index (χ4n) is 1.72. The van der Waals surface area contributed by atoms with Gasteiger partial charge in [0.05, 0.1) is 6.54 Å². The first-order valence-electron chi connectivity index (χ1n) is 6.05. The minimum Gasteiger partial charge on any atom is -0.458 e. The number of nitrogens with zero attached hydrogens (tertiary/aromatic N) is 1. The van der Waals surface area contributed by atoms with E-state index in [2.05, 4.69) is 10.3 Å². The number of ether oxygens (including phenoxy) is 1. The molecule has 2 rings (SSSR count). The van der Waals surface area contributed by atoms with Crippen LogP contribution in [0.3, 0.4) is 0 Å². The normalized spacial score (nSPS) is 19.1. The van der Waals surface area contributed by atoms with Crippen LogP contribution in [0.1, 0.15) is 26.3 Å². The summed E-state index contributed by atoms with van der Waals surface area (Å²) in [6.07, 6.45) is 0. The number of hydrogen-bond acceptors (Lipinski definition) is 4. The second kappa shape index (κ2) is 4.80. The van der Waals surface area contributed by atoms with Crippen molar-refractivity contribution in [3.63, 3.8) is 0 Å². The van der Waals surface area contributed by atoms with Crippen LogP contribution in [0.4, 0.5) is 0 Å². The minimum atomic E-state index is -0.464. The van der Waals surface area contributed by atoms with Crippen molar-refractivity contribution in [3.8, 4) is 0 Å². The zero-order valence-corrected chi connectivity index (χ0v) is 10.9. The van der Waals surface area contributed by atoms with E-state index in [9.17, 15) is 4.79 Å². The summed E-state index contributed by atoms with van der Waals surface area (Å²) in [5, 5.41) is 3.11. The van der Waals surface area contributed by atoms with Gasteiger partial charge in [0.15, 0.2) is 0 Å². The van der Waals surface area contributed by atoms with Gasteiger partial charge >= 0.3 is 5.97 Å². The third-order valence-corrected chi connectivity index (χ3v) is 2.48. The first kappa shape index (κ1) is 12.6. The summed E-state index contributed by atoms with van der Waals surface area (Å²) in [6.45, 7) is 6.01. The maximum absolute atomic E-state index is 11.9. The maximum atomic E-state index is 11.9. The molecule has 0 radical (unpaired) electrons. The summed E-state index contributed by atoms with van der Waals surface area (Å²) >= 11 is 0. The van der Waals surface area contributed by atoms with Crippen LogP contribution in [-0.4, -0.2) is 30.0 Å². The van der Waals surface area contributed by atoms with E-state index in [0.29, 0.717) is 6.54 Å². The Kier molecular flexibility index (Phi) is 3.36. The number of amidine groups is 1. The van der Waals surface area contributed by atoms with Crippen molar-refractivity contribution in [2.75, 3.05) is 6.54 Å². The number of benzene rings is 1. The topological polar surface area (TPSA) is 50.7 Å². The van der Waals surface area contributed by atoms with Gasteiger partial charge in [0, 0.05) is 5.56 Å². The molecule has 0 aromatic heterocycles. The van der Waals surface area contributed by atoms with Crippen molar-refractivity contribution in [2.24, 2.45) is 4.99 Å². The summed E-state index contributed by atoms with van der Waals surface area (Å²) in [4.78, 5) is 16.2. The van der Waals surface area contributed by atoms with E-state index < -0.39 is 5.60 Å². The average Bonchev–Trinajstić information content (AvgIpc) is 2.77. The Bertz CT molecular complexity index is 460. The van der Waals surface area contributed by atoms with Crippen molar-refractivity contribution in [2.45, 2.75) is 32.4 Å². The van der Waals surface area contributed by atoms with Crippen LogP contribution in [0.5, 0.6) is 0 Å². The van der Waals surface area contributed by atoms with Crippen LogP contribution in [0.2, 0.25) is 0 Å². The molecule has 0 aliphatic carbocycles. The third-order valence-electron chi connectivity index (χ3n) is 2.48. The number of aliphatic imine (C=N–C) groups is 1. The number of nitrogens with one attached hydrogen (secondary N) is 1. The molecular formula is C14H18N2O2. The maximum Gasteiger partial charge on any atom is 0.331 e.